The minimum absolute atomic E-state index is 0.132. The van der Waals surface area contributed by atoms with Crippen molar-refractivity contribution in [3.05, 3.63) is 66.4 Å². The fourth-order valence-corrected chi connectivity index (χ4v) is 3.09. The molecule has 1 atom stereocenters. The van der Waals surface area contributed by atoms with Crippen LogP contribution in [0.25, 0.3) is 11.1 Å². The standard InChI is InChI=1S/C20H20F2N8O/c1-29-9-14(6-24-29)12-3-13(5-15(21)4-12)18(11-31)27-19-17(22)8-23-20(28-19)26-16-7-25-30(2)10-16/h3-10,18,31H,11H2,1-2H3,(H2,23,26,27,28). The Bertz CT molecular complexity index is 1210. The van der Waals surface area contributed by atoms with Crippen molar-refractivity contribution in [3.8, 4) is 11.1 Å². The van der Waals surface area contributed by atoms with Crippen molar-refractivity contribution in [2.24, 2.45) is 14.1 Å². The highest BCUT2D eigenvalue weighted by Crippen LogP contribution is 2.27. The number of anilines is 3. The fraction of sp³-hybridized carbons (Fsp3) is 0.200. The molecule has 0 bridgehead atoms. The van der Waals surface area contributed by atoms with Crippen molar-refractivity contribution < 1.29 is 13.9 Å². The summed E-state index contributed by atoms with van der Waals surface area (Å²) in [5.74, 6) is -1.19. The molecule has 0 fully saturated rings. The lowest BCUT2D eigenvalue weighted by molar-refractivity contribution is 0.275. The highest BCUT2D eigenvalue weighted by molar-refractivity contribution is 5.63. The number of halogens is 2. The number of nitrogens with one attached hydrogen (secondary N) is 2. The van der Waals surface area contributed by atoms with Crippen LogP contribution in [0.2, 0.25) is 0 Å². The van der Waals surface area contributed by atoms with Gasteiger partial charge in [-0.1, -0.05) is 0 Å². The first-order chi connectivity index (χ1) is 14.9. The summed E-state index contributed by atoms with van der Waals surface area (Å²) in [5.41, 5.74) is 2.37. The van der Waals surface area contributed by atoms with Crippen LogP contribution in [0.5, 0.6) is 0 Å². The lowest BCUT2D eigenvalue weighted by Crippen LogP contribution is -2.17. The van der Waals surface area contributed by atoms with Gasteiger partial charge in [-0.15, -0.1) is 0 Å². The van der Waals surface area contributed by atoms with E-state index in [0.29, 0.717) is 16.8 Å². The summed E-state index contributed by atoms with van der Waals surface area (Å²) in [7, 11) is 3.52. The molecule has 9 nitrogen and oxygen atoms in total. The minimum atomic E-state index is -0.804. The molecule has 0 saturated heterocycles. The van der Waals surface area contributed by atoms with Crippen LogP contribution in [0.15, 0.2) is 49.2 Å². The molecule has 4 rings (SSSR count). The van der Waals surface area contributed by atoms with Crippen LogP contribution in [0, 0.1) is 11.6 Å². The zero-order chi connectivity index (χ0) is 22.0. The summed E-state index contributed by atoms with van der Waals surface area (Å²) in [6.07, 6.45) is 7.65. The monoisotopic (exact) mass is 426 g/mol. The van der Waals surface area contributed by atoms with E-state index in [1.165, 1.54) is 12.1 Å². The zero-order valence-electron chi connectivity index (χ0n) is 16.8. The number of benzene rings is 1. The molecule has 1 aromatic carbocycles. The maximum absolute atomic E-state index is 14.4. The Morgan fingerprint density at radius 3 is 2.45 bits per heavy atom. The van der Waals surface area contributed by atoms with Gasteiger partial charge in [0.25, 0.3) is 0 Å². The molecule has 0 radical (unpaired) electrons. The molecular weight excluding hydrogens is 406 g/mol. The molecule has 0 aliphatic carbocycles. The molecule has 3 N–H and O–H groups in total. The Labute approximate surface area is 176 Å². The number of rotatable bonds is 7. The molecule has 4 aromatic rings. The predicted molar refractivity (Wildman–Crippen MR) is 111 cm³/mol. The molecule has 11 heteroatoms. The van der Waals surface area contributed by atoms with Gasteiger partial charge < -0.3 is 15.7 Å². The van der Waals surface area contributed by atoms with Crippen LogP contribution in [0.4, 0.5) is 26.2 Å². The van der Waals surface area contributed by atoms with Crippen LogP contribution in [0.1, 0.15) is 11.6 Å². The molecular formula is C20H20F2N8O. The molecule has 0 amide bonds. The van der Waals surface area contributed by atoms with Crippen molar-refractivity contribution in [1.29, 1.82) is 0 Å². The van der Waals surface area contributed by atoms with Crippen molar-refractivity contribution in [1.82, 2.24) is 29.5 Å². The van der Waals surface area contributed by atoms with Gasteiger partial charge in [-0.05, 0) is 29.3 Å². The normalized spacial score (nSPS) is 12.0. The number of aryl methyl sites for hydroxylation is 2. The summed E-state index contributed by atoms with van der Waals surface area (Å²) >= 11 is 0. The van der Waals surface area contributed by atoms with E-state index in [1.54, 1.807) is 54.3 Å². The second-order valence-electron chi connectivity index (χ2n) is 6.97. The highest BCUT2D eigenvalue weighted by Gasteiger charge is 2.17. The van der Waals surface area contributed by atoms with Gasteiger partial charge in [-0.3, -0.25) is 9.36 Å². The Hall–Kier alpha value is -3.86. The maximum Gasteiger partial charge on any atom is 0.229 e. The first-order valence-electron chi connectivity index (χ1n) is 9.36. The van der Waals surface area contributed by atoms with Gasteiger partial charge in [0.05, 0.1) is 36.9 Å². The molecule has 3 aromatic heterocycles. The second kappa shape index (κ2) is 8.48. The van der Waals surface area contributed by atoms with E-state index in [4.69, 9.17) is 0 Å². The van der Waals surface area contributed by atoms with Gasteiger partial charge in [0, 0.05) is 32.1 Å². The maximum atomic E-state index is 14.4. The molecule has 3 heterocycles. The van der Waals surface area contributed by atoms with Gasteiger partial charge in [0.15, 0.2) is 11.6 Å². The molecule has 0 aliphatic heterocycles. The van der Waals surface area contributed by atoms with E-state index in [0.717, 1.165) is 11.8 Å². The smallest absolute Gasteiger partial charge is 0.229 e. The van der Waals surface area contributed by atoms with Gasteiger partial charge >= 0.3 is 0 Å². The van der Waals surface area contributed by atoms with E-state index in [-0.39, 0.29) is 11.8 Å². The van der Waals surface area contributed by atoms with Crippen molar-refractivity contribution in [2.45, 2.75) is 6.04 Å². The molecule has 31 heavy (non-hydrogen) atoms. The summed E-state index contributed by atoms with van der Waals surface area (Å²) < 4.78 is 31.8. The number of nitrogens with zero attached hydrogens (tertiary/aromatic N) is 6. The summed E-state index contributed by atoms with van der Waals surface area (Å²) in [4.78, 5) is 8.05. The van der Waals surface area contributed by atoms with Gasteiger partial charge in [0.1, 0.15) is 5.82 Å². The Morgan fingerprint density at radius 2 is 1.77 bits per heavy atom. The number of hydrogen-bond acceptors (Lipinski definition) is 7. The Morgan fingerprint density at radius 1 is 1.00 bits per heavy atom. The summed E-state index contributed by atoms with van der Waals surface area (Å²) in [5, 5.41) is 23.8. The van der Waals surface area contributed by atoms with Crippen LogP contribution >= 0.6 is 0 Å². The zero-order valence-corrected chi connectivity index (χ0v) is 16.8. The van der Waals surface area contributed by atoms with Crippen LogP contribution in [0.3, 0.4) is 0 Å². The number of aromatic nitrogens is 6. The average molecular weight is 426 g/mol. The second-order valence-corrected chi connectivity index (χ2v) is 6.97. The largest absolute Gasteiger partial charge is 0.394 e. The van der Waals surface area contributed by atoms with Crippen LogP contribution in [-0.4, -0.2) is 41.2 Å². The first kappa shape index (κ1) is 20.4. The quantitative estimate of drug-likeness (QED) is 0.417. The first-order valence-corrected chi connectivity index (χ1v) is 9.36. The van der Waals surface area contributed by atoms with Crippen molar-refractivity contribution in [2.75, 3.05) is 17.2 Å². The van der Waals surface area contributed by atoms with Gasteiger partial charge in [-0.2, -0.15) is 15.2 Å². The number of aliphatic hydroxyl groups excluding tert-OH is 1. The summed E-state index contributed by atoms with van der Waals surface area (Å²) in [6.45, 7) is -0.412. The lowest BCUT2D eigenvalue weighted by atomic mass is 10.0. The molecule has 0 spiro atoms. The number of hydrogen-bond donors (Lipinski definition) is 3. The van der Waals surface area contributed by atoms with E-state index in [1.807, 2.05) is 0 Å². The molecule has 0 saturated carbocycles. The third-order valence-corrected chi connectivity index (χ3v) is 4.56. The SMILES string of the molecule is Cn1cc(Nc2ncc(F)c(NC(CO)c3cc(F)cc(-c4cnn(C)c4)c3)n2)cn1. The minimum Gasteiger partial charge on any atom is -0.394 e. The molecule has 1 unspecified atom stereocenters. The molecule has 0 aliphatic rings. The highest BCUT2D eigenvalue weighted by atomic mass is 19.1. The third-order valence-electron chi connectivity index (χ3n) is 4.56. The van der Waals surface area contributed by atoms with Crippen molar-refractivity contribution >= 4 is 17.5 Å². The number of aliphatic hydroxyl groups is 1. The van der Waals surface area contributed by atoms with Crippen LogP contribution < -0.4 is 10.6 Å². The topological polar surface area (TPSA) is 106 Å². The van der Waals surface area contributed by atoms with E-state index in [2.05, 4.69) is 30.8 Å². The average Bonchev–Trinajstić information content (AvgIpc) is 3.35. The van der Waals surface area contributed by atoms with Gasteiger partial charge in [0.2, 0.25) is 5.95 Å². The summed E-state index contributed by atoms with van der Waals surface area (Å²) in [6, 6.07) is 3.56. The van der Waals surface area contributed by atoms with Crippen LogP contribution in [-0.2, 0) is 14.1 Å². The van der Waals surface area contributed by atoms with E-state index >= 15 is 0 Å². The molecule has 160 valence electrons. The predicted octanol–water partition coefficient (Wildman–Crippen LogP) is 2.78. The Balaban J connectivity index is 1.60. The van der Waals surface area contributed by atoms with E-state index < -0.39 is 24.3 Å². The van der Waals surface area contributed by atoms with Crippen molar-refractivity contribution in [3.63, 3.8) is 0 Å². The lowest BCUT2D eigenvalue weighted by Gasteiger charge is -2.19. The van der Waals surface area contributed by atoms with Gasteiger partial charge in [-0.25, -0.2) is 13.8 Å². The fourth-order valence-electron chi connectivity index (χ4n) is 3.09. The third kappa shape index (κ3) is 4.67. The Kier molecular flexibility index (Phi) is 5.58. The van der Waals surface area contributed by atoms with E-state index in [9.17, 15) is 13.9 Å².